The van der Waals surface area contributed by atoms with Gasteiger partial charge in [0.1, 0.15) is 0 Å². The van der Waals surface area contributed by atoms with Gasteiger partial charge in [0.2, 0.25) is 0 Å². The van der Waals surface area contributed by atoms with Crippen LogP contribution in [0.25, 0.3) is 0 Å². The second kappa shape index (κ2) is 5.53. The minimum atomic E-state index is 0.339. The lowest BCUT2D eigenvalue weighted by Gasteiger charge is -2.32. The first-order valence-corrected chi connectivity index (χ1v) is 7.54. The Kier molecular flexibility index (Phi) is 4.26. The summed E-state index contributed by atoms with van der Waals surface area (Å²) in [4.78, 5) is 2.69. The Morgan fingerprint density at radius 1 is 1.12 bits per heavy atom. The quantitative estimate of drug-likeness (QED) is 0.744. The molecule has 0 unspecified atom stereocenters. The van der Waals surface area contributed by atoms with Crippen molar-refractivity contribution in [2.75, 3.05) is 13.1 Å². The lowest BCUT2D eigenvalue weighted by Crippen LogP contribution is -2.36. The molecule has 94 valence electrons. The highest BCUT2D eigenvalue weighted by Gasteiger charge is 2.49. The average Bonchev–Trinajstić information content (AvgIpc) is 3.11. The Morgan fingerprint density at radius 2 is 1.71 bits per heavy atom. The van der Waals surface area contributed by atoms with Crippen LogP contribution in [0.2, 0.25) is 0 Å². The number of nitrogens with zero attached hydrogens (tertiary/aromatic N) is 1. The average molecular weight is 296 g/mol. The minimum Gasteiger partial charge on any atom is -0.294 e. The molecule has 1 aromatic rings. The van der Waals surface area contributed by atoms with Crippen LogP contribution in [-0.4, -0.2) is 18.0 Å². The number of benzene rings is 1. The topological polar surface area (TPSA) is 3.24 Å². The maximum absolute atomic E-state index is 3.72. The van der Waals surface area contributed by atoms with Gasteiger partial charge in [-0.15, -0.1) is 0 Å². The molecule has 1 saturated carbocycles. The molecule has 0 atom stereocenters. The molecule has 1 fully saturated rings. The van der Waals surface area contributed by atoms with Crippen molar-refractivity contribution in [3.05, 3.63) is 34.3 Å². The second-order valence-electron chi connectivity index (χ2n) is 5.00. The summed E-state index contributed by atoms with van der Waals surface area (Å²) in [6.07, 6.45) is 5.11. The molecule has 0 heterocycles. The predicted molar refractivity (Wildman–Crippen MR) is 77.2 cm³/mol. The van der Waals surface area contributed by atoms with Crippen molar-refractivity contribution in [1.29, 1.82) is 0 Å². The first kappa shape index (κ1) is 13.1. The molecule has 17 heavy (non-hydrogen) atoms. The summed E-state index contributed by atoms with van der Waals surface area (Å²) >= 11 is 3.72. The lowest BCUT2D eigenvalue weighted by molar-refractivity contribution is 0.176. The molecule has 1 aliphatic carbocycles. The Hall–Kier alpha value is -0.340. The van der Waals surface area contributed by atoms with Gasteiger partial charge in [-0.05, 0) is 50.4 Å². The molecule has 1 aromatic carbocycles. The third kappa shape index (κ3) is 2.58. The fraction of sp³-hybridized carbons (Fsp3) is 0.600. The second-order valence-corrected chi connectivity index (χ2v) is 5.85. The van der Waals surface area contributed by atoms with Gasteiger partial charge in [0.25, 0.3) is 0 Å². The third-order valence-electron chi connectivity index (χ3n) is 3.69. The summed E-state index contributed by atoms with van der Waals surface area (Å²) in [7, 11) is 0. The molecule has 2 rings (SSSR count). The van der Waals surface area contributed by atoms with Crippen molar-refractivity contribution >= 4 is 15.9 Å². The van der Waals surface area contributed by atoms with Crippen LogP contribution in [0.4, 0.5) is 0 Å². The van der Waals surface area contributed by atoms with Gasteiger partial charge in [0, 0.05) is 10.0 Å². The summed E-state index contributed by atoms with van der Waals surface area (Å²) in [5.41, 5.74) is 1.83. The standard InChI is InChI=1S/C15H22BrN/c1-3-11-17(12-4-2)15(9-10-15)13-7-5-6-8-14(13)16/h5-8H,3-4,9-12H2,1-2H3. The van der Waals surface area contributed by atoms with Crippen LogP contribution in [0.3, 0.4) is 0 Å². The molecule has 1 aliphatic rings. The molecule has 0 N–H and O–H groups in total. The van der Waals surface area contributed by atoms with E-state index < -0.39 is 0 Å². The van der Waals surface area contributed by atoms with E-state index in [4.69, 9.17) is 0 Å². The van der Waals surface area contributed by atoms with Crippen molar-refractivity contribution in [3.63, 3.8) is 0 Å². The Morgan fingerprint density at radius 3 is 2.18 bits per heavy atom. The van der Waals surface area contributed by atoms with E-state index in [1.54, 1.807) is 0 Å². The molecular formula is C15H22BrN. The Balaban J connectivity index is 2.25. The van der Waals surface area contributed by atoms with Crippen molar-refractivity contribution < 1.29 is 0 Å². The smallest absolute Gasteiger partial charge is 0.0473 e. The van der Waals surface area contributed by atoms with Crippen molar-refractivity contribution in [2.24, 2.45) is 0 Å². The first-order chi connectivity index (χ1) is 8.24. The maximum Gasteiger partial charge on any atom is 0.0473 e. The number of hydrogen-bond donors (Lipinski definition) is 0. The molecule has 0 bridgehead atoms. The van der Waals surface area contributed by atoms with Crippen molar-refractivity contribution in [3.8, 4) is 0 Å². The summed E-state index contributed by atoms with van der Waals surface area (Å²) in [6.45, 7) is 6.99. The summed E-state index contributed by atoms with van der Waals surface area (Å²) in [5, 5.41) is 0. The van der Waals surface area contributed by atoms with Crippen molar-refractivity contribution in [1.82, 2.24) is 4.90 Å². The highest BCUT2D eigenvalue weighted by molar-refractivity contribution is 9.10. The van der Waals surface area contributed by atoms with E-state index in [0.29, 0.717) is 5.54 Å². The van der Waals surface area contributed by atoms with Gasteiger partial charge >= 0.3 is 0 Å². The van der Waals surface area contributed by atoms with E-state index in [1.807, 2.05) is 0 Å². The third-order valence-corrected chi connectivity index (χ3v) is 4.38. The zero-order chi connectivity index (χ0) is 12.3. The normalized spacial score (nSPS) is 17.4. The Labute approximate surface area is 113 Å². The molecule has 2 heteroatoms. The molecular weight excluding hydrogens is 274 g/mol. The zero-order valence-electron chi connectivity index (χ0n) is 10.9. The van der Waals surface area contributed by atoms with Gasteiger partial charge in [0.15, 0.2) is 0 Å². The van der Waals surface area contributed by atoms with Gasteiger partial charge in [-0.25, -0.2) is 0 Å². The SMILES string of the molecule is CCCN(CCC)C1(c2ccccc2Br)CC1. The number of halogens is 1. The van der Waals surface area contributed by atoms with Gasteiger partial charge in [-0.1, -0.05) is 48.0 Å². The van der Waals surface area contributed by atoms with Crippen LogP contribution < -0.4 is 0 Å². The lowest BCUT2D eigenvalue weighted by atomic mass is 10.0. The van der Waals surface area contributed by atoms with Crippen molar-refractivity contribution in [2.45, 2.75) is 45.1 Å². The fourth-order valence-corrected chi connectivity index (χ4v) is 3.45. The van der Waals surface area contributed by atoms with Gasteiger partial charge in [0.05, 0.1) is 0 Å². The van der Waals surface area contributed by atoms with Crippen LogP contribution in [-0.2, 0) is 5.54 Å². The molecule has 0 amide bonds. The molecule has 1 nitrogen and oxygen atoms in total. The fourth-order valence-electron chi connectivity index (χ4n) is 2.79. The number of rotatable bonds is 6. The van der Waals surface area contributed by atoms with Gasteiger partial charge < -0.3 is 0 Å². The van der Waals surface area contributed by atoms with E-state index in [9.17, 15) is 0 Å². The summed E-state index contributed by atoms with van der Waals surface area (Å²) in [6, 6.07) is 8.73. The highest BCUT2D eigenvalue weighted by Crippen LogP contribution is 2.53. The van der Waals surface area contributed by atoms with Gasteiger partial charge in [-0.3, -0.25) is 4.90 Å². The largest absolute Gasteiger partial charge is 0.294 e. The minimum absolute atomic E-state index is 0.339. The molecule has 0 aromatic heterocycles. The molecule has 0 aliphatic heterocycles. The zero-order valence-corrected chi connectivity index (χ0v) is 12.5. The van der Waals surface area contributed by atoms with E-state index in [0.717, 1.165) is 0 Å². The van der Waals surface area contributed by atoms with E-state index >= 15 is 0 Å². The Bertz CT molecular complexity index is 365. The summed E-state index contributed by atoms with van der Waals surface area (Å²) < 4.78 is 1.27. The van der Waals surface area contributed by atoms with E-state index in [-0.39, 0.29) is 0 Å². The van der Waals surface area contributed by atoms with Crippen LogP contribution in [0.15, 0.2) is 28.7 Å². The van der Waals surface area contributed by atoms with Gasteiger partial charge in [-0.2, -0.15) is 0 Å². The first-order valence-electron chi connectivity index (χ1n) is 6.74. The summed E-state index contributed by atoms with van der Waals surface area (Å²) in [5.74, 6) is 0. The molecule has 0 saturated heterocycles. The van der Waals surface area contributed by atoms with E-state index in [1.165, 1.54) is 48.8 Å². The highest BCUT2D eigenvalue weighted by atomic mass is 79.9. The van der Waals surface area contributed by atoms with Crippen LogP contribution in [0.5, 0.6) is 0 Å². The molecule has 0 spiro atoms. The van der Waals surface area contributed by atoms with Crippen LogP contribution in [0, 0.1) is 0 Å². The maximum atomic E-state index is 3.72. The van der Waals surface area contributed by atoms with Crippen LogP contribution >= 0.6 is 15.9 Å². The van der Waals surface area contributed by atoms with Crippen LogP contribution in [0.1, 0.15) is 45.1 Å². The predicted octanol–water partition coefficient (Wildman–Crippen LogP) is 4.56. The monoisotopic (exact) mass is 295 g/mol. The van der Waals surface area contributed by atoms with E-state index in [2.05, 4.69) is 58.9 Å². The number of hydrogen-bond acceptors (Lipinski definition) is 1. The molecule has 0 radical (unpaired) electrons.